The van der Waals surface area contributed by atoms with E-state index in [0.29, 0.717) is 23.4 Å². The molecule has 3 atom stereocenters. The van der Waals surface area contributed by atoms with E-state index in [-0.39, 0.29) is 23.9 Å². The number of carbonyl (C=O) groups is 3. The molecule has 224 valence electrons. The maximum Gasteiger partial charge on any atom is 0.257 e. The Labute approximate surface area is 248 Å². The monoisotopic (exact) mass is 572 g/mol. The number of anilines is 1. The first-order chi connectivity index (χ1) is 19.9. The van der Waals surface area contributed by atoms with E-state index in [1.165, 1.54) is 0 Å². The van der Waals surface area contributed by atoms with Crippen molar-refractivity contribution >= 4 is 23.5 Å². The molecule has 0 fully saturated rings. The van der Waals surface area contributed by atoms with E-state index in [1.807, 2.05) is 67.9 Å². The predicted octanol–water partition coefficient (Wildman–Crippen LogP) is 4.79. The van der Waals surface area contributed by atoms with Gasteiger partial charge in [0.2, 0.25) is 5.91 Å². The molecule has 4 rings (SSSR count). The summed E-state index contributed by atoms with van der Waals surface area (Å²) in [5.74, 6) is -0.811. The first kappa shape index (κ1) is 30.8. The molecule has 9 nitrogen and oxygen atoms in total. The van der Waals surface area contributed by atoms with Crippen LogP contribution >= 0.6 is 0 Å². The summed E-state index contributed by atoms with van der Waals surface area (Å²) >= 11 is 0. The molecule has 1 aromatic heterocycles. The van der Waals surface area contributed by atoms with E-state index in [2.05, 4.69) is 54.0 Å². The molecule has 2 aromatic carbocycles. The quantitative estimate of drug-likeness (QED) is 0.262. The second-order valence-corrected chi connectivity index (χ2v) is 12.3. The number of fused-ring (bicyclic) bond motifs is 1. The summed E-state index contributed by atoms with van der Waals surface area (Å²) in [5, 5.41) is 14.0. The Balaban J connectivity index is 1.73. The minimum Gasteiger partial charge on any atom is -0.368 e. The van der Waals surface area contributed by atoms with E-state index in [4.69, 9.17) is 5.73 Å². The van der Waals surface area contributed by atoms with E-state index >= 15 is 0 Å². The van der Waals surface area contributed by atoms with Crippen LogP contribution in [-0.4, -0.2) is 33.5 Å². The van der Waals surface area contributed by atoms with Gasteiger partial charge in [-0.1, -0.05) is 82.3 Å². The number of nitrogens with one attached hydrogen (secondary N) is 3. The molecule has 0 saturated heterocycles. The molecule has 1 aliphatic rings. The van der Waals surface area contributed by atoms with Crippen molar-refractivity contribution in [1.29, 1.82) is 0 Å². The average molecular weight is 573 g/mol. The fraction of sp³-hybridized carbons (Fsp3) is 0.455. The van der Waals surface area contributed by atoms with Gasteiger partial charge in [-0.3, -0.25) is 14.4 Å². The van der Waals surface area contributed by atoms with Crippen LogP contribution in [0.2, 0.25) is 0 Å². The van der Waals surface area contributed by atoms with Gasteiger partial charge >= 0.3 is 0 Å². The molecule has 1 aliphatic heterocycles. The van der Waals surface area contributed by atoms with Gasteiger partial charge in [-0.15, -0.1) is 0 Å². The molecule has 3 amide bonds. The molecule has 0 aliphatic carbocycles. The molecule has 2 heterocycles. The Morgan fingerprint density at radius 2 is 1.76 bits per heavy atom. The lowest BCUT2D eigenvalue weighted by Gasteiger charge is -2.38. The van der Waals surface area contributed by atoms with Gasteiger partial charge in [0.05, 0.1) is 17.8 Å². The summed E-state index contributed by atoms with van der Waals surface area (Å²) in [6.07, 6.45) is 3.81. The number of benzene rings is 2. The van der Waals surface area contributed by atoms with Crippen molar-refractivity contribution in [3.63, 3.8) is 0 Å². The number of amides is 3. The molecule has 2 unspecified atom stereocenters. The van der Waals surface area contributed by atoms with Crippen molar-refractivity contribution in [2.24, 2.45) is 11.7 Å². The first-order valence-electron chi connectivity index (χ1n) is 14.8. The van der Waals surface area contributed by atoms with Crippen LogP contribution in [0, 0.1) is 5.92 Å². The SMILES string of the molecule is CCc1ccc(C(CC)(NC(=O)c2cnn3c2N[C@@H](c2ccccc2)CC3(C)C)C(=O)NC(CC(C)C)C(N)=O)cc1. The van der Waals surface area contributed by atoms with E-state index in [9.17, 15) is 14.4 Å². The van der Waals surface area contributed by atoms with Crippen molar-refractivity contribution in [2.75, 3.05) is 5.32 Å². The fourth-order valence-corrected chi connectivity index (χ4v) is 5.80. The lowest BCUT2D eigenvalue weighted by molar-refractivity contribution is -0.132. The van der Waals surface area contributed by atoms with Crippen LogP contribution in [0.3, 0.4) is 0 Å². The summed E-state index contributed by atoms with van der Waals surface area (Å²) < 4.78 is 1.84. The highest BCUT2D eigenvalue weighted by molar-refractivity contribution is 6.03. The van der Waals surface area contributed by atoms with Gasteiger partial charge in [-0.05, 0) is 62.1 Å². The zero-order chi connectivity index (χ0) is 30.7. The van der Waals surface area contributed by atoms with Gasteiger partial charge in [0, 0.05) is 0 Å². The van der Waals surface area contributed by atoms with Crippen LogP contribution in [0.1, 0.15) is 93.9 Å². The van der Waals surface area contributed by atoms with Gasteiger partial charge in [0.15, 0.2) is 0 Å². The largest absolute Gasteiger partial charge is 0.368 e. The van der Waals surface area contributed by atoms with Crippen LogP contribution in [0.25, 0.3) is 0 Å². The molecular formula is C33H44N6O3. The number of aryl methyl sites for hydroxylation is 1. The van der Waals surface area contributed by atoms with Crippen molar-refractivity contribution in [1.82, 2.24) is 20.4 Å². The van der Waals surface area contributed by atoms with Crippen LogP contribution in [0.5, 0.6) is 0 Å². The Hall–Kier alpha value is -4.14. The lowest BCUT2D eigenvalue weighted by Crippen LogP contribution is -2.59. The number of nitrogens with zero attached hydrogens (tertiary/aromatic N) is 2. The number of carbonyl (C=O) groups excluding carboxylic acids is 3. The fourth-order valence-electron chi connectivity index (χ4n) is 5.80. The Bertz CT molecular complexity index is 1410. The highest BCUT2D eigenvalue weighted by atomic mass is 16.2. The first-order valence-corrected chi connectivity index (χ1v) is 14.8. The third-order valence-corrected chi connectivity index (χ3v) is 8.26. The molecule has 0 radical (unpaired) electrons. The number of nitrogens with two attached hydrogens (primary N) is 1. The topological polar surface area (TPSA) is 131 Å². The van der Waals surface area contributed by atoms with Gasteiger partial charge in [0.1, 0.15) is 23.0 Å². The second-order valence-electron chi connectivity index (χ2n) is 12.3. The van der Waals surface area contributed by atoms with E-state index in [0.717, 1.165) is 24.0 Å². The van der Waals surface area contributed by atoms with Crippen molar-refractivity contribution < 1.29 is 14.4 Å². The number of hydrogen-bond donors (Lipinski definition) is 4. The summed E-state index contributed by atoms with van der Waals surface area (Å²) in [4.78, 5) is 40.5. The van der Waals surface area contributed by atoms with Gasteiger partial charge in [0.25, 0.3) is 11.8 Å². The second kappa shape index (κ2) is 12.4. The van der Waals surface area contributed by atoms with Crippen molar-refractivity contribution in [3.8, 4) is 0 Å². The van der Waals surface area contributed by atoms with E-state index < -0.39 is 29.3 Å². The lowest BCUT2D eigenvalue weighted by atomic mass is 9.84. The maximum absolute atomic E-state index is 14.1. The minimum atomic E-state index is -1.45. The highest BCUT2D eigenvalue weighted by Gasteiger charge is 2.43. The zero-order valence-electron chi connectivity index (χ0n) is 25.5. The molecule has 5 N–H and O–H groups in total. The van der Waals surface area contributed by atoms with Crippen molar-refractivity contribution in [2.45, 2.75) is 90.4 Å². The molecule has 3 aromatic rings. The highest BCUT2D eigenvalue weighted by Crippen LogP contribution is 2.40. The van der Waals surface area contributed by atoms with Crippen LogP contribution in [-0.2, 0) is 27.1 Å². The normalized spacial score (nSPS) is 17.8. The summed E-state index contributed by atoms with van der Waals surface area (Å²) in [6.45, 7) is 12.0. The van der Waals surface area contributed by atoms with Crippen LogP contribution in [0.4, 0.5) is 5.82 Å². The summed E-state index contributed by atoms with van der Waals surface area (Å²) in [5.41, 5.74) is 7.05. The van der Waals surface area contributed by atoms with E-state index in [1.54, 1.807) is 6.20 Å². The Morgan fingerprint density at radius 1 is 1.10 bits per heavy atom. The van der Waals surface area contributed by atoms with Crippen LogP contribution in [0.15, 0.2) is 60.8 Å². The molecular weight excluding hydrogens is 528 g/mol. The Kier molecular flexibility index (Phi) is 9.09. The summed E-state index contributed by atoms with van der Waals surface area (Å²) in [6, 6.07) is 16.9. The van der Waals surface area contributed by atoms with Gasteiger partial charge in [-0.25, -0.2) is 4.68 Å². The zero-order valence-corrected chi connectivity index (χ0v) is 25.5. The van der Waals surface area contributed by atoms with Crippen LogP contribution < -0.4 is 21.7 Å². The molecule has 9 heteroatoms. The number of hydrogen-bond acceptors (Lipinski definition) is 5. The van der Waals surface area contributed by atoms with Crippen molar-refractivity contribution in [3.05, 3.63) is 83.0 Å². The number of primary amides is 1. The maximum atomic E-state index is 14.1. The third kappa shape index (κ3) is 6.20. The predicted molar refractivity (Wildman–Crippen MR) is 165 cm³/mol. The molecule has 0 bridgehead atoms. The third-order valence-electron chi connectivity index (χ3n) is 8.26. The molecule has 0 spiro atoms. The smallest absolute Gasteiger partial charge is 0.257 e. The number of rotatable bonds is 11. The average Bonchev–Trinajstić information content (AvgIpc) is 3.41. The number of aromatic nitrogens is 2. The standard InChI is InChI=1S/C33H44N6O3/c1-7-22-14-16-24(17-15-22)33(8-2,31(42)37-26(28(34)40)18-21(3)4)38-30(41)25-20-35-39-29(25)36-27(19-32(39,5)6)23-12-10-9-11-13-23/h9-17,20-21,26-27,36H,7-8,18-19H2,1-6H3,(H2,34,40)(H,37,42)(H,38,41)/t26?,27-,33?/m1/s1. The minimum absolute atomic E-state index is 0.0230. The van der Waals surface area contributed by atoms with Gasteiger partial charge < -0.3 is 21.7 Å². The Morgan fingerprint density at radius 3 is 2.33 bits per heavy atom. The molecule has 0 saturated carbocycles. The van der Waals surface area contributed by atoms with Gasteiger partial charge in [-0.2, -0.15) is 5.10 Å². The summed E-state index contributed by atoms with van der Waals surface area (Å²) in [7, 11) is 0. The molecule has 42 heavy (non-hydrogen) atoms.